The van der Waals surface area contributed by atoms with Gasteiger partial charge in [-0.25, -0.2) is 0 Å². The van der Waals surface area contributed by atoms with Gasteiger partial charge in [-0.3, -0.25) is 0 Å². The van der Waals surface area contributed by atoms with E-state index in [0.29, 0.717) is 0 Å². The molecule has 1 fully saturated rings. The highest BCUT2D eigenvalue weighted by molar-refractivity contribution is 5.43. The molecule has 0 bridgehead atoms. The molecule has 1 aliphatic carbocycles. The third-order valence-corrected chi connectivity index (χ3v) is 5.54. The van der Waals surface area contributed by atoms with E-state index in [2.05, 4.69) is 67.6 Å². The molecule has 1 aliphatic rings. The Balaban J connectivity index is 2.21. The van der Waals surface area contributed by atoms with Crippen molar-refractivity contribution in [3.63, 3.8) is 0 Å². The van der Waals surface area contributed by atoms with Gasteiger partial charge in [-0.1, -0.05) is 86.8 Å². The molecule has 3 rings (SSSR count). The Morgan fingerprint density at radius 2 is 1.27 bits per heavy atom. The molecule has 0 saturated heterocycles. The molecular weight excluding hydrogens is 268 g/mol. The van der Waals surface area contributed by atoms with Crippen LogP contribution in [0.25, 0.3) is 0 Å². The van der Waals surface area contributed by atoms with Crippen LogP contribution < -0.4 is 0 Å². The molecular formula is C21H26O. The van der Waals surface area contributed by atoms with Gasteiger partial charge < -0.3 is 5.11 Å². The summed E-state index contributed by atoms with van der Waals surface area (Å²) in [5, 5.41) is 11.7. The van der Waals surface area contributed by atoms with Crippen molar-refractivity contribution in [2.24, 2.45) is 0 Å². The lowest BCUT2D eigenvalue weighted by molar-refractivity contribution is -0.0554. The maximum atomic E-state index is 11.7. The van der Waals surface area contributed by atoms with E-state index in [1.165, 1.54) is 17.5 Å². The van der Waals surface area contributed by atoms with Crippen LogP contribution in [-0.2, 0) is 5.41 Å². The molecule has 1 N–H and O–H groups in total. The molecule has 0 spiro atoms. The quantitative estimate of drug-likeness (QED) is 0.834. The molecule has 2 aromatic rings. The van der Waals surface area contributed by atoms with Gasteiger partial charge >= 0.3 is 0 Å². The average Bonchev–Trinajstić information content (AvgIpc) is 2.58. The zero-order chi connectivity index (χ0) is 15.5. The van der Waals surface area contributed by atoms with Gasteiger partial charge in [-0.2, -0.15) is 0 Å². The minimum absolute atomic E-state index is 0.310. The molecule has 0 aromatic heterocycles. The molecule has 0 unspecified atom stereocenters. The number of hydrogen-bond acceptors (Lipinski definition) is 1. The maximum absolute atomic E-state index is 11.7. The summed E-state index contributed by atoms with van der Waals surface area (Å²) in [5.74, 6) is 0. The second-order valence-electron chi connectivity index (χ2n) is 6.58. The zero-order valence-electron chi connectivity index (χ0n) is 13.5. The van der Waals surface area contributed by atoms with Crippen molar-refractivity contribution < 1.29 is 5.11 Å². The molecule has 0 atom stereocenters. The summed E-state index contributed by atoms with van der Waals surface area (Å²) in [7, 11) is 0. The second-order valence-corrected chi connectivity index (χ2v) is 6.58. The first kappa shape index (κ1) is 15.3. The van der Waals surface area contributed by atoms with Crippen LogP contribution in [0, 0.1) is 0 Å². The average molecular weight is 294 g/mol. The van der Waals surface area contributed by atoms with Crippen LogP contribution in [0.5, 0.6) is 0 Å². The highest BCUT2D eigenvalue weighted by Crippen LogP contribution is 2.50. The molecule has 116 valence electrons. The molecule has 22 heavy (non-hydrogen) atoms. The van der Waals surface area contributed by atoms with Crippen molar-refractivity contribution in [2.45, 2.75) is 56.5 Å². The Bertz CT molecular complexity index is 542. The zero-order valence-corrected chi connectivity index (χ0v) is 13.5. The standard InChI is InChI=1S/C21H26O/c1-2-21(18-12-6-3-7-13-18,19-14-8-4-9-15-19)20(22)16-10-5-11-17-20/h3-4,6-9,12-15,22H,2,5,10-11,16-17H2,1H3. The third-order valence-electron chi connectivity index (χ3n) is 5.54. The first-order valence-corrected chi connectivity index (χ1v) is 8.56. The fourth-order valence-corrected chi connectivity index (χ4v) is 4.45. The van der Waals surface area contributed by atoms with Crippen LogP contribution >= 0.6 is 0 Å². The van der Waals surface area contributed by atoms with Crippen LogP contribution in [0.15, 0.2) is 60.7 Å². The number of aliphatic hydroxyl groups is 1. The SMILES string of the molecule is CCC(c1ccccc1)(c1ccccc1)C1(O)CCCCC1. The molecule has 1 heteroatoms. The Morgan fingerprint density at radius 1 is 0.818 bits per heavy atom. The second kappa shape index (κ2) is 6.26. The van der Waals surface area contributed by atoms with E-state index in [0.717, 1.165) is 32.1 Å². The summed E-state index contributed by atoms with van der Waals surface area (Å²) in [6.45, 7) is 2.21. The molecule has 1 saturated carbocycles. The van der Waals surface area contributed by atoms with Crippen molar-refractivity contribution in [2.75, 3.05) is 0 Å². The molecule has 0 heterocycles. The summed E-state index contributed by atoms with van der Waals surface area (Å²) < 4.78 is 0. The van der Waals surface area contributed by atoms with E-state index in [9.17, 15) is 5.11 Å². The molecule has 2 aromatic carbocycles. The molecule has 1 nitrogen and oxygen atoms in total. The largest absolute Gasteiger partial charge is 0.389 e. The first-order valence-electron chi connectivity index (χ1n) is 8.56. The molecule has 0 aliphatic heterocycles. The number of hydrogen-bond donors (Lipinski definition) is 1. The minimum Gasteiger partial charge on any atom is -0.389 e. The van der Waals surface area contributed by atoms with Crippen LogP contribution in [0.3, 0.4) is 0 Å². The van der Waals surface area contributed by atoms with E-state index in [4.69, 9.17) is 0 Å². The van der Waals surface area contributed by atoms with Gasteiger partial charge in [-0.05, 0) is 30.4 Å². The monoisotopic (exact) mass is 294 g/mol. The van der Waals surface area contributed by atoms with Crippen LogP contribution in [-0.4, -0.2) is 10.7 Å². The highest BCUT2D eigenvalue weighted by Gasteiger charge is 2.51. The maximum Gasteiger partial charge on any atom is 0.0784 e. The van der Waals surface area contributed by atoms with Crippen LogP contribution in [0.2, 0.25) is 0 Å². The van der Waals surface area contributed by atoms with Gasteiger partial charge in [0.25, 0.3) is 0 Å². The Kier molecular flexibility index (Phi) is 4.35. The Morgan fingerprint density at radius 3 is 1.68 bits per heavy atom. The third kappa shape index (κ3) is 2.38. The molecule has 0 radical (unpaired) electrons. The van der Waals surface area contributed by atoms with Gasteiger partial charge in [0.05, 0.1) is 5.60 Å². The van der Waals surface area contributed by atoms with Crippen molar-refractivity contribution in [1.82, 2.24) is 0 Å². The Labute approximate surface area is 134 Å². The van der Waals surface area contributed by atoms with Crippen LogP contribution in [0.1, 0.15) is 56.6 Å². The minimum atomic E-state index is -0.650. The lowest BCUT2D eigenvalue weighted by Crippen LogP contribution is -2.53. The van der Waals surface area contributed by atoms with E-state index in [-0.39, 0.29) is 5.41 Å². The summed E-state index contributed by atoms with van der Waals surface area (Å²) in [5.41, 5.74) is 1.53. The lowest BCUT2D eigenvalue weighted by Gasteiger charge is -2.50. The summed E-state index contributed by atoms with van der Waals surface area (Å²) >= 11 is 0. The van der Waals surface area contributed by atoms with E-state index >= 15 is 0 Å². The predicted octanol–water partition coefficient (Wildman–Crippen LogP) is 5.08. The summed E-state index contributed by atoms with van der Waals surface area (Å²) in [6.07, 6.45) is 6.19. The van der Waals surface area contributed by atoms with Gasteiger partial charge in [0.15, 0.2) is 0 Å². The summed E-state index contributed by atoms with van der Waals surface area (Å²) in [4.78, 5) is 0. The van der Waals surface area contributed by atoms with Crippen molar-refractivity contribution in [3.05, 3.63) is 71.8 Å². The van der Waals surface area contributed by atoms with E-state index in [1.54, 1.807) is 0 Å². The lowest BCUT2D eigenvalue weighted by atomic mass is 9.57. The first-order chi connectivity index (χ1) is 10.7. The number of benzene rings is 2. The fourth-order valence-electron chi connectivity index (χ4n) is 4.45. The Hall–Kier alpha value is -1.60. The van der Waals surface area contributed by atoms with E-state index in [1.807, 2.05) is 0 Å². The van der Waals surface area contributed by atoms with Gasteiger partial charge in [0.1, 0.15) is 0 Å². The molecule has 0 amide bonds. The van der Waals surface area contributed by atoms with Gasteiger partial charge in [-0.15, -0.1) is 0 Å². The van der Waals surface area contributed by atoms with Crippen molar-refractivity contribution in [3.8, 4) is 0 Å². The fraction of sp³-hybridized carbons (Fsp3) is 0.429. The van der Waals surface area contributed by atoms with E-state index < -0.39 is 5.60 Å². The van der Waals surface area contributed by atoms with Crippen LogP contribution in [0.4, 0.5) is 0 Å². The van der Waals surface area contributed by atoms with Gasteiger partial charge in [0, 0.05) is 5.41 Å². The topological polar surface area (TPSA) is 20.2 Å². The van der Waals surface area contributed by atoms with Crippen molar-refractivity contribution in [1.29, 1.82) is 0 Å². The normalized spacial score (nSPS) is 18.1. The summed E-state index contributed by atoms with van der Waals surface area (Å²) in [6, 6.07) is 21.2. The highest BCUT2D eigenvalue weighted by atomic mass is 16.3. The van der Waals surface area contributed by atoms with Gasteiger partial charge in [0.2, 0.25) is 0 Å². The van der Waals surface area contributed by atoms with Crippen molar-refractivity contribution >= 4 is 0 Å². The smallest absolute Gasteiger partial charge is 0.0784 e. The predicted molar refractivity (Wildman–Crippen MR) is 92.0 cm³/mol. The number of rotatable bonds is 4.